The lowest BCUT2D eigenvalue weighted by Gasteiger charge is -2.15. The molecule has 0 spiro atoms. The zero-order valence-corrected chi connectivity index (χ0v) is 16.5. The molecule has 0 saturated carbocycles. The van der Waals surface area contributed by atoms with Gasteiger partial charge in [0, 0.05) is 11.4 Å². The van der Waals surface area contributed by atoms with Crippen molar-refractivity contribution in [1.29, 1.82) is 0 Å². The molecule has 0 bridgehead atoms. The van der Waals surface area contributed by atoms with Crippen LogP contribution in [0.3, 0.4) is 0 Å². The van der Waals surface area contributed by atoms with E-state index in [9.17, 15) is 4.79 Å². The van der Waals surface area contributed by atoms with Gasteiger partial charge in [-0.1, -0.05) is 25.1 Å². The molecule has 0 radical (unpaired) electrons. The zero-order valence-electron chi connectivity index (χ0n) is 13.4. The summed E-state index contributed by atoms with van der Waals surface area (Å²) in [6, 6.07) is 9.86. The summed E-state index contributed by atoms with van der Waals surface area (Å²) in [5.41, 5.74) is 1.85. The van der Waals surface area contributed by atoms with Gasteiger partial charge >= 0.3 is 0 Å². The Labute approximate surface area is 153 Å². The summed E-state index contributed by atoms with van der Waals surface area (Å²) in [6.45, 7) is 4.76. The van der Waals surface area contributed by atoms with Gasteiger partial charge in [-0.15, -0.1) is 0 Å². The summed E-state index contributed by atoms with van der Waals surface area (Å²) in [6.07, 6.45) is 3.06. The molecule has 5 heteroatoms. The molecule has 1 heterocycles. The number of pyridine rings is 1. The largest absolute Gasteiger partial charge is 0.494 e. The van der Waals surface area contributed by atoms with Crippen molar-refractivity contribution < 1.29 is 4.74 Å². The first-order chi connectivity index (χ1) is 11.0. The number of aromatic amines is 1. The maximum atomic E-state index is 12.1. The Kier molecular flexibility index (Phi) is 6.90. The van der Waals surface area contributed by atoms with E-state index in [4.69, 9.17) is 4.74 Å². The number of unbranched alkanes of at least 4 members (excludes halogenated alkanes) is 1. The molecule has 1 aromatic carbocycles. The van der Waals surface area contributed by atoms with Crippen LogP contribution in [-0.4, -0.2) is 11.6 Å². The van der Waals surface area contributed by atoms with Crippen LogP contribution in [0.2, 0.25) is 0 Å². The number of rotatable bonds is 7. The maximum Gasteiger partial charge on any atom is 0.210 e. The summed E-state index contributed by atoms with van der Waals surface area (Å²) in [7, 11) is 0. The first-order valence-electron chi connectivity index (χ1n) is 7.76. The van der Waals surface area contributed by atoms with Gasteiger partial charge < -0.3 is 9.72 Å². The topological polar surface area (TPSA) is 42.1 Å². The third-order valence-electron chi connectivity index (χ3n) is 3.82. The van der Waals surface area contributed by atoms with Crippen LogP contribution in [0.1, 0.15) is 43.5 Å². The fraction of sp³-hybridized carbons (Fsp3) is 0.389. The lowest BCUT2D eigenvalue weighted by Crippen LogP contribution is -2.13. The molecular weight excluding hydrogens is 422 g/mol. The number of nitrogens with one attached hydrogen (secondary N) is 1. The van der Waals surface area contributed by atoms with Gasteiger partial charge in [0.05, 0.1) is 15.6 Å². The Morgan fingerprint density at radius 3 is 2.52 bits per heavy atom. The fourth-order valence-electron chi connectivity index (χ4n) is 2.44. The molecule has 1 aromatic heterocycles. The second kappa shape index (κ2) is 8.69. The van der Waals surface area contributed by atoms with Crippen LogP contribution in [0.25, 0.3) is 0 Å². The highest BCUT2D eigenvalue weighted by Gasteiger charge is 2.16. The van der Waals surface area contributed by atoms with Gasteiger partial charge in [0.2, 0.25) is 5.43 Å². The van der Waals surface area contributed by atoms with E-state index in [-0.39, 0.29) is 5.43 Å². The number of H-pyrrole nitrogens is 1. The van der Waals surface area contributed by atoms with Crippen LogP contribution in [0.5, 0.6) is 5.75 Å². The predicted octanol–water partition coefficient (Wildman–Crippen LogP) is 5.56. The molecule has 0 saturated heterocycles. The monoisotopic (exact) mass is 441 g/mol. The van der Waals surface area contributed by atoms with Gasteiger partial charge in [-0.2, -0.15) is 0 Å². The first kappa shape index (κ1) is 18.3. The molecule has 3 nitrogen and oxygen atoms in total. The van der Waals surface area contributed by atoms with Crippen LogP contribution in [-0.2, 0) is 0 Å². The molecule has 23 heavy (non-hydrogen) atoms. The smallest absolute Gasteiger partial charge is 0.210 e. The minimum absolute atomic E-state index is 0.00973. The molecule has 2 rings (SSSR count). The summed E-state index contributed by atoms with van der Waals surface area (Å²) < 4.78 is 6.92. The van der Waals surface area contributed by atoms with Gasteiger partial charge in [-0.3, -0.25) is 4.79 Å². The molecule has 0 amide bonds. The average Bonchev–Trinajstić information content (AvgIpc) is 2.56. The van der Waals surface area contributed by atoms with Crippen molar-refractivity contribution in [2.75, 3.05) is 6.61 Å². The van der Waals surface area contributed by atoms with E-state index in [1.165, 1.54) is 0 Å². The molecule has 0 aliphatic rings. The van der Waals surface area contributed by atoms with E-state index in [0.29, 0.717) is 21.5 Å². The Morgan fingerprint density at radius 1 is 1.13 bits per heavy atom. The summed E-state index contributed by atoms with van der Waals surface area (Å²) in [5, 5.41) is 0. The number of hydrogen-bond acceptors (Lipinski definition) is 2. The second-order valence-electron chi connectivity index (χ2n) is 5.68. The van der Waals surface area contributed by atoms with Gasteiger partial charge in [-0.05, 0) is 76.1 Å². The van der Waals surface area contributed by atoms with Gasteiger partial charge in [-0.25, -0.2) is 0 Å². The van der Waals surface area contributed by atoms with Crippen molar-refractivity contribution in [3.63, 3.8) is 0 Å². The molecule has 1 unspecified atom stereocenters. The zero-order chi connectivity index (χ0) is 16.8. The Hall–Kier alpha value is -1.07. The standard InChI is InChI=1S/C18H21Br2NO2/c1-12(17-16(20)18(22)15(19)13(2)21-17)8-6-7-11-23-14-9-4-3-5-10-14/h3-5,9-10,12H,6-8,11H2,1-2H3,(H,21,22). The maximum absolute atomic E-state index is 12.1. The van der Waals surface area contributed by atoms with E-state index >= 15 is 0 Å². The SMILES string of the molecule is Cc1[nH]c(C(C)CCCCOc2ccccc2)c(Br)c(=O)c1Br. The first-order valence-corrected chi connectivity index (χ1v) is 9.35. The van der Waals surface area contributed by atoms with E-state index in [2.05, 4.69) is 43.8 Å². The summed E-state index contributed by atoms with van der Waals surface area (Å²) in [4.78, 5) is 15.4. The van der Waals surface area contributed by atoms with Crippen LogP contribution in [0.15, 0.2) is 44.1 Å². The third-order valence-corrected chi connectivity index (χ3v) is 5.56. The van der Waals surface area contributed by atoms with Crippen LogP contribution in [0, 0.1) is 6.92 Å². The number of halogens is 2. The van der Waals surface area contributed by atoms with Crippen LogP contribution in [0.4, 0.5) is 0 Å². The minimum atomic E-state index is 0.00973. The number of hydrogen-bond donors (Lipinski definition) is 1. The van der Waals surface area contributed by atoms with E-state index in [0.717, 1.165) is 36.4 Å². The number of para-hydroxylation sites is 1. The highest BCUT2D eigenvalue weighted by molar-refractivity contribution is 9.11. The molecule has 0 aliphatic carbocycles. The van der Waals surface area contributed by atoms with Gasteiger partial charge in [0.1, 0.15) is 5.75 Å². The molecule has 0 aliphatic heterocycles. The second-order valence-corrected chi connectivity index (χ2v) is 7.27. The molecule has 1 atom stereocenters. The summed E-state index contributed by atoms with van der Waals surface area (Å²) in [5.74, 6) is 1.21. The lowest BCUT2D eigenvalue weighted by atomic mass is 9.99. The Morgan fingerprint density at radius 2 is 1.83 bits per heavy atom. The van der Waals surface area contributed by atoms with Gasteiger partial charge in [0.25, 0.3) is 0 Å². The van der Waals surface area contributed by atoms with Crippen LogP contribution >= 0.6 is 31.9 Å². The van der Waals surface area contributed by atoms with Crippen molar-refractivity contribution in [2.24, 2.45) is 0 Å². The molecular formula is C18H21Br2NO2. The number of aryl methyl sites for hydroxylation is 1. The summed E-state index contributed by atoms with van der Waals surface area (Å²) >= 11 is 6.74. The van der Waals surface area contributed by atoms with Crippen molar-refractivity contribution in [3.8, 4) is 5.75 Å². The normalized spacial score (nSPS) is 12.2. The average molecular weight is 443 g/mol. The molecule has 0 fully saturated rings. The van der Waals surface area contributed by atoms with Gasteiger partial charge in [0.15, 0.2) is 0 Å². The van der Waals surface area contributed by atoms with E-state index < -0.39 is 0 Å². The van der Waals surface area contributed by atoms with Crippen molar-refractivity contribution in [2.45, 2.75) is 39.0 Å². The van der Waals surface area contributed by atoms with Crippen LogP contribution < -0.4 is 10.2 Å². The third kappa shape index (κ3) is 4.95. The highest BCUT2D eigenvalue weighted by atomic mass is 79.9. The number of benzene rings is 1. The van der Waals surface area contributed by atoms with E-state index in [1.54, 1.807) is 0 Å². The predicted molar refractivity (Wildman–Crippen MR) is 101 cm³/mol. The van der Waals surface area contributed by atoms with E-state index in [1.807, 2.05) is 37.3 Å². The molecule has 124 valence electrons. The van der Waals surface area contributed by atoms with Crippen molar-refractivity contribution >= 4 is 31.9 Å². The Bertz CT molecular complexity index is 698. The molecule has 2 aromatic rings. The van der Waals surface area contributed by atoms with Crippen molar-refractivity contribution in [3.05, 3.63) is 60.9 Å². The lowest BCUT2D eigenvalue weighted by molar-refractivity contribution is 0.303. The minimum Gasteiger partial charge on any atom is -0.494 e. The molecule has 1 N–H and O–H groups in total. The van der Waals surface area contributed by atoms with Crippen molar-refractivity contribution in [1.82, 2.24) is 4.98 Å². The number of ether oxygens (including phenoxy) is 1. The number of aromatic nitrogens is 1. The quantitative estimate of drug-likeness (QED) is 0.570. The highest BCUT2D eigenvalue weighted by Crippen LogP contribution is 2.27. The Balaban J connectivity index is 1.83. The fourth-order valence-corrected chi connectivity index (χ4v) is 3.70.